The number of hydrogen-bond acceptors (Lipinski definition) is 2. The van der Waals surface area contributed by atoms with Crippen molar-refractivity contribution in [2.75, 3.05) is 13.1 Å². The van der Waals surface area contributed by atoms with E-state index < -0.39 is 0 Å². The van der Waals surface area contributed by atoms with Crippen LogP contribution in [0.25, 0.3) is 0 Å². The van der Waals surface area contributed by atoms with Gasteiger partial charge in [0.05, 0.1) is 5.69 Å². The summed E-state index contributed by atoms with van der Waals surface area (Å²) in [6.45, 7) is 4.33. The standard InChI is InChI=1S/C10H17N3/c1-8-7-13(2)10(12-8)9-3-5-11-6-4-9/h7,9,11H,3-6H2,1-2H3. The van der Waals surface area contributed by atoms with Crippen LogP contribution < -0.4 is 5.32 Å². The van der Waals surface area contributed by atoms with E-state index >= 15 is 0 Å². The normalized spacial score (nSPS) is 19.2. The molecule has 1 aromatic rings. The number of rotatable bonds is 1. The third-order valence-electron chi connectivity index (χ3n) is 2.74. The zero-order valence-corrected chi connectivity index (χ0v) is 8.38. The van der Waals surface area contributed by atoms with E-state index in [0.29, 0.717) is 5.92 Å². The van der Waals surface area contributed by atoms with Crippen molar-refractivity contribution in [1.29, 1.82) is 0 Å². The van der Waals surface area contributed by atoms with Gasteiger partial charge in [0.2, 0.25) is 0 Å². The maximum absolute atomic E-state index is 4.57. The van der Waals surface area contributed by atoms with Crippen LogP contribution in [-0.2, 0) is 7.05 Å². The first kappa shape index (κ1) is 8.75. The van der Waals surface area contributed by atoms with E-state index in [9.17, 15) is 0 Å². The highest BCUT2D eigenvalue weighted by Crippen LogP contribution is 2.23. The molecule has 13 heavy (non-hydrogen) atoms. The Labute approximate surface area is 79.2 Å². The molecule has 1 saturated heterocycles. The summed E-state index contributed by atoms with van der Waals surface area (Å²) >= 11 is 0. The molecule has 1 fully saturated rings. The van der Waals surface area contributed by atoms with Crippen molar-refractivity contribution < 1.29 is 0 Å². The molecule has 0 spiro atoms. The Hall–Kier alpha value is -0.830. The monoisotopic (exact) mass is 179 g/mol. The minimum atomic E-state index is 0.667. The summed E-state index contributed by atoms with van der Waals surface area (Å²) in [5.74, 6) is 1.93. The molecule has 0 aliphatic carbocycles. The quantitative estimate of drug-likeness (QED) is 0.702. The number of aromatic nitrogens is 2. The van der Waals surface area contributed by atoms with Crippen molar-refractivity contribution >= 4 is 0 Å². The smallest absolute Gasteiger partial charge is 0.111 e. The van der Waals surface area contributed by atoms with Crippen LogP contribution in [0.4, 0.5) is 0 Å². The largest absolute Gasteiger partial charge is 0.337 e. The highest BCUT2D eigenvalue weighted by atomic mass is 15.1. The zero-order chi connectivity index (χ0) is 9.26. The van der Waals surface area contributed by atoms with Crippen molar-refractivity contribution in [3.63, 3.8) is 0 Å². The van der Waals surface area contributed by atoms with Gasteiger partial charge in [0.15, 0.2) is 0 Å². The summed E-state index contributed by atoms with van der Waals surface area (Å²) < 4.78 is 2.17. The van der Waals surface area contributed by atoms with Crippen molar-refractivity contribution in [1.82, 2.24) is 14.9 Å². The molecule has 0 aromatic carbocycles. The molecular formula is C10H17N3. The Morgan fingerprint density at radius 2 is 2.15 bits per heavy atom. The number of nitrogens with one attached hydrogen (secondary N) is 1. The third kappa shape index (κ3) is 1.75. The van der Waals surface area contributed by atoms with Gasteiger partial charge in [-0.15, -0.1) is 0 Å². The second-order valence-electron chi connectivity index (χ2n) is 3.88. The number of piperidine rings is 1. The van der Waals surface area contributed by atoms with E-state index in [2.05, 4.69) is 35.0 Å². The van der Waals surface area contributed by atoms with Crippen LogP contribution in [0.2, 0.25) is 0 Å². The van der Waals surface area contributed by atoms with E-state index in [4.69, 9.17) is 0 Å². The van der Waals surface area contributed by atoms with Crippen LogP contribution in [0.15, 0.2) is 6.20 Å². The molecule has 1 N–H and O–H groups in total. The van der Waals surface area contributed by atoms with Gasteiger partial charge in [-0.1, -0.05) is 0 Å². The van der Waals surface area contributed by atoms with Crippen molar-refractivity contribution in [2.24, 2.45) is 7.05 Å². The molecule has 1 aliphatic heterocycles. The van der Waals surface area contributed by atoms with E-state index in [1.54, 1.807) is 0 Å². The molecule has 2 heterocycles. The number of nitrogens with zero attached hydrogens (tertiary/aromatic N) is 2. The second-order valence-corrected chi connectivity index (χ2v) is 3.88. The summed E-state index contributed by atoms with van der Waals surface area (Å²) in [6, 6.07) is 0. The highest BCUT2D eigenvalue weighted by Gasteiger charge is 2.18. The van der Waals surface area contributed by atoms with Gasteiger partial charge in [-0.2, -0.15) is 0 Å². The fraction of sp³-hybridized carbons (Fsp3) is 0.700. The molecule has 0 radical (unpaired) electrons. The highest BCUT2D eigenvalue weighted by molar-refractivity contribution is 5.07. The van der Waals surface area contributed by atoms with Crippen LogP contribution in [0, 0.1) is 6.92 Å². The molecule has 0 unspecified atom stereocenters. The molecule has 1 aromatic heterocycles. The Bertz CT molecular complexity index is 284. The van der Waals surface area contributed by atoms with E-state index in [1.807, 2.05) is 0 Å². The molecule has 0 amide bonds. The molecule has 0 bridgehead atoms. The van der Waals surface area contributed by atoms with Gasteiger partial charge in [0.1, 0.15) is 5.82 Å². The fourth-order valence-corrected chi connectivity index (χ4v) is 2.09. The van der Waals surface area contributed by atoms with E-state index in [1.165, 1.54) is 18.7 Å². The van der Waals surface area contributed by atoms with Gasteiger partial charge >= 0.3 is 0 Å². The van der Waals surface area contributed by atoms with Gasteiger partial charge in [0.25, 0.3) is 0 Å². The first-order valence-corrected chi connectivity index (χ1v) is 4.98. The SMILES string of the molecule is Cc1cn(C)c(C2CCNCC2)n1. The van der Waals surface area contributed by atoms with Crippen LogP contribution in [0.5, 0.6) is 0 Å². The van der Waals surface area contributed by atoms with E-state index in [0.717, 1.165) is 18.8 Å². The van der Waals surface area contributed by atoms with Crippen LogP contribution in [0.3, 0.4) is 0 Å². The summed E-state index contributed by atoms with van der Waals surface area (Å²) in [6.07, 6.45) is 4.56. The minimum absolute atomic E-state index is 0.667. The molecular weight excluding hydrogens is 162 g/mol. The Morgan fingerprint density at radius 3 is 2.69 bits per heavy atom. The van der Waals surface area contributed by atoms with Gasteiger partial charge in [-0.05, 0) is 32.9 Å². The van der Waals surface area contributed by atoms with Gasteiger partial charge < -0.3 is 9.88 Å². The lowest BCUT2D eigenvalue weighted by Gasteiger charge is -2.21. The second kappa shape index (κ2) is 3.50. The Balaban J connectivity index is 2.18. The summed E-state index contributed by atoms with van der Waals surface area (Å²) in [4.78, 5) is 4.57. The first-order chi connectivity index (χ1) is 6.27. The molecule has 0 saturated carbocycles. The lowest BCUT2D eigenvalue weighted by Crippen LogP contribution is -2.27. The molecule has 2 rings (SSSR count). The lowest BCUT2D eigenvalue weighted by molar-refractivity contribution is 0.437. The maximum Gasteiger partial charge on any atom is 0.111 e. The van der Waals surface area contributed by atoms with Crippen LogP contribution >= 0.6 is 0 Å². The van der Waals surface area contributed by atoms with Gasteiger partial charge in [0, 0.05) is 19.2 Å². The lowest BCUT2D eigenvalue weighted by atomic mass is 9.97. The molecule has 3 nitrogen and oxygen atoms in total. The fourth-order valence-electron chi connectivity index (χ4n) is 2.09. The zero-order valence-electron chi connectivity index (χ0n) is 8.38. The predicted molar refractivity (Wildman–Crippen MR) is 52.8 cm³/mol. The van der Waals surface area contributed by atoms with E-state index in [-0.39, 0.29) is 0 Å². The summed E-state index contributed by atoms with van der Waals surface area (Å²) in [5, 5.41) is 3.37. The van der Waals surface area contributed by atoms with Crippen molar-refractivity contribution in [3.8, 4) is 0 Å². The molecule has 1 aliphatic rings. The first-order valence-electron chi connectivity index (χ1n) is 4.98. The summed E-state index contributed by atoms with van der Waals surface area (Å²) in [7, 11) is 2.09. The number of hydrogen-bond donors (Lipinski definition) is 1. The maximum atomic E-state index is 4.57. The van der Waals surface area contributed by atoms with Gasteiger partial charge in [-0.3, -0.25) is 0 Å². The van der Waals surface area contributed by atoms with Crippen LogP contribution in [0.1, 0.15) is 30.3 Å². The number of aryl methyl sites for hydroxylation is 2. The van der Waals surface area contributed by atoms with Gasteiger partial charge in [-0.25, -0.2) is 4.98 Å². The average molecular weight is 179 g/mol. The Morgan fingerprint density at radius 1 is 1.46 bits per heavy atom. The average Bonchev–Trinajstić information content (AvgIpc) is 2.47. The minimum Gasteiger partial charge on any atom is -0.337 e. The van der Waals surface area contributed by atoms with Crippen molar-refractivity contribution in [2.45, 2.75) is 25.7 Å². The van der Waals surface area contributed by atoms with Crippen molar-refractivity contribution in [3.05, 3.63) is 17.7 Å². The molecule has 3 heteroatoms. The van der Waals surface area contributed by atoms with Crippen LogP contribution in [-0.4, -0.2) is 22.6 Å². The Kier molecular flexibility index (Phi) is 2.36. The number of imidazole rings is 1. The molecule has 0 atom stereocenters. The summed E-state index contributed by atoms with van der Waals surface area (Å²) in [5.41, 5.74) is 1.14. The topological polar surface area (TPSA) is 29.9 Å². The third-order valence-corrected chi connectivity index (χ3v) is 2.74. The molecule has 72 valence electrons. The predicted octanol–water partition coefficient (Wildman–Crippen LogP) is 1.20.